The molecule has 0 N–H and O–H groups in total. The molecule has 98 valence electrons. The summed E-state index contributed by atoms with van der Waals surface area (Å²) in [4.78, 5) is 19.4. The first kappa shape index (κ1) is 13.0. The molecule has 5 heteroatoms. The average Bonchev–Trinajstić information content (AvgIpc) is 2.46. The van der Waals surface area contributed by atoms with Gasteiger partial charge < -0.3 is 9.47 Å². The Labute approximate surface area is 111 Å². The van der Waals surface area contributed by atoms with Gasteiger partial charge >= 0.3 is 6.01 Å². The van der Waals surface area contributed by atoms with Crippen LogP contribution < -0.4 is 9.47 Å². The van der Waals surface area contributed by atoms with Crippen LogP contribution in [0, 0.1) is 0 Å². The van der Waals surface area contributed by atoms with Crippen molar-refractivity contribution in [2.45, 2.75) is 6.92 Å². The molecule has 0 amide bonds. The van der Waals surface area contributed by atoms with Crippen LogP contribution in [0.15, 0.2) is 30.5 Å². The normalized spacial score (nSPS) is 10.1. The molecule has 0 atom stereocenters. The van der Waals surface area contributed by atoms with E-state index < -0.39 is 0 Å². The number of hydrogen-bond acceptors (Lipinski definition) is 5. The third kappa shape index (κ3) is 2.70. The highest BCUT2D eigenvalue weighted by atomic mass is 16.5. The van der Waals surface area contributed by atoms with Crippen LogP contribution in [0.5, 0.6) is 11.9 Å². The topological polar surface area (TPSA) is 61.3 Å². The highest BCUT2D eigenvalue weighted by molar-refractivity contribution is 5.94. The van der Waals surface area contributed by atoms with Crippen LogP contribution in [0.4, 0.5) is 0 Å². The fraction of sp³-hybridized carbons (Fsp3) is 0.214. The van der Waals surface area contributed by atoms with Crippen LogP contribution in [-0.2, 0) is 0 Å². The molecule has 0 fully saturated rings. The van der Waals surface area contributed by atoms with E-state index in [9.17, 15) is 4.79 Å². The maximum Gasteiger partial charge on any atom is 0.319 e. The molecule has 0 unspecified atom stereocenters. The molecule has 1 aromatic heterocycles. The molecule has 0 bridgehead atoms. The maximum absolute atomic E-state index is 11.2. The van der Waals surface area contributed by atoms with Crippen LogP contribution >= 0.6 is 0 Å². The highest BCUT2D eigenvalue weighted by Gasteiger charge is 2.10. The molecule has 0 saturated carbocycles. The summed E-state index contributed by atoms with van der Waals surface area (Å²) in [6.07, 6.45) is 1.63. The van der Waals surface area contributed by atoms with Gasteiger partial charge in [0.2, 0.25) is 5.88 Å². The molecule has 1 aromatic carbocycles. The predicted octanol–water partition coefficient (Wildman–Crippen LogP) is 2.36. The van der Waals surface area contributed by atoms with Crippen LogP contribution in [-0.4, -0.2) is 30.0 Å². The first-order valence-corrected chi connectivity index (χ1v) is 5.72. The van der Waals surface area contributed by atoms with Gasteiger partial charge in [0.15, 0.2) is 5.78 Å². The van der Waals surface area contributed by atoms with Crippen molar-refractivity contribution in [2.75, 3.05) is 14.2 Å². The summed E-state index contributed by atoms with van der Waals surface area (Å²) in [7, 11) is 3.03. The lowest BCUT2D eigenvalue weighted by atomic mass is 10.0. The minimum Gasteiger partial charge on any atom is -0.480 e. The molecular formula is C14H14N2O3. The highest BCUT2D eigenvalue weighted by Crippen LogP contribution is 2.28. The lowest BCUT2D eigenvalue weighted by Gasteiger charge is -2.08. The molecule has 19 heavy (non-hydrogen) atoms. The predicted molar refractivity (Wildman–Crippen MR) is 70.6 cm³/mol. The van der Waals surface area contributed by atoms with Crippen molar-refractivity contribution in [3.8, 4) is 23.0 Å². The molecule has 0 aliphatic carbocycles. The van der Waals surface area contributed by atoms with Gasteiger partial charge in [-0.05, 0) is 12.5 Å². The van der Waals surface area contributed by atoms with Gasteiger partial charge in [0.25, 0.3) is 0 Å². The van der Waals surface area contributed by atoms with Gasteiger partial charge in [-0.2, -0.15) is 4.98 Å². The molecule has 5 nitrogen and oxygen atoms in total. The van der Waals surface area contributed by atoms with Crippen molar-refractivity contribution in [3.63, 3.8) is 0 Å². The molecule has 0 aliphatic rings. The zero-order chi connectivity index (χ0) is 13.8. The standard InChI is InChI=1S/C14H14N2O3/c1-9(17)10-4-6-11(7-5-10)12-8-15-14(19-3)16-13(12)18-2/h4-8H,1-3H3. The number of hydrogen-bond donors (Lipinski definition) is 0. The Morgan fingerprint density at radius 2 is 1.79 bits per heavy atom. The van der Waals surface area contributed by atoms with Gasteiger partial charge in [-0.3, -0.25) is 4.79 Å². The lowest BCUT2D eigenvalue weighted by molar-refractivity contribution is 0.101. The largest absolute Gasteiger partial charge is 0.480 e. The van der Waals surface area contributed by atoms with E-state index in [-0.39, 0.29) is 11.8 Å². The summed E-state index contributed by atoms with van der Waals surface area (Å²) in [6, 6.07) is 7.46. The summed E-state index contributed by atoms with van der Waals surface area (Å²) >= 11 is 0. The van der Waals surface area contributed by atoms with E-state index in [0.29, 0.717) is 11.4 Å². The van der Waals surface area contributed by atoms with Gasteiger partial charge in [-0.1, -0.05) is 24.3 Å². The van der Waals surface area contributed by atoms with E-state index in [1.54, 1.807) is 18.3 Å². The Bertz CT molecular complexity index is 594. The number of ketones is 1. The number of ether oxygens (including phenoxy) is 2. The molecular weight excluding hydrogens is 244 g/mol. The van der Waals surface area contributed by atoms with Crippen molar-refractivity contribution in [1.82, 2.24) is 9.97 Å². The average molecular weight is 258 g/mol. The molecule has 0 radical (unpaired) electrons. The second kappa shape index (κ2) is 5.48. The van der Waals surface area contributed by atoms with Gasteiger partial charge in [-0.15, -0.1) is 0 Å². The van der Waals surface area contributed by atoms with E-state index in [4.69, 9.17) is 9.47 Å². The third-order valence-electron chi connectivity index (χ3n) is 2.71. The SMILES string of the molecule is COc1ncc(-c2ccc(C(C)=O)cc2)c(OC)n1. The number of nitrogens with zero attached hydrogens (tertiary/aromatic N) is 2. The van der Waals surface area contributed by atoms with Crippen LogP contribution in [0.2, 0.25) is 0 Å². The van der Waals surface area contributed by atoms with Crippen molar-refractivity contribution in [2.24, 2.45) is 0 Å². The number of methoxy groups -OCH3 is 2. The number of carbonyl (C=O) groups is 1. The van der Waals surface area contributed by atoms with Crippen molar-refractivity contribution < 1.29 is 14.3 Å². The first-order chi connectivity index (χ1) is 9.15. The van der Waals surface area contributed by atoms with Gasteiger partial charge in [0.1, 0.15) is 0 Å². The summed E-state index contributed by atoms with van der Waals surface area (Å²) in [5, 5.41) is 0. The minimum atomic E-state index is 0.0319. The summed E-state index contributed by atoms with van der Waals surface area (Å²) < 4.78 is 10.2. The van der Waals surface area contributed by atoms with Crippen LogP contribution in [0.3, 0.4) is 0 Å². The fourth-order valence-corrected chi connectivity index (χ4v) is 1.69. The van der Waals surface area contributed by atoms with Crippen molar-refractivity contribution in [3.05, 3.63) is 36.0 Å². The molecule has 2 aromatic rings. The molecule has 2 rings (SSSR count). The van der Waals surface area contributed by atoms with E-state index in [1.165, 1.54) is 21.1 Å². The number of benzene rings is 1. The minimum absolute atomic E-state index is 0.0319. The second-order valence-corrected chi connectivity index (χ2v) is 3.91. The Kier molecular flexibility index (Phi) is 3.75. The van der Waals surface area contributed by atoms with E-state index in [1.807, 2.05) is 12.1 Å². The van der Waals surface area contributed by atoms with Crippen molar-refractivity contribution in [1.29, 1.82) is 0 Å². The Morgan fingerprint density at radius 3 is 2.32 bits per heavy atom. The zero-order valence-corrected chi connectivity index (χ0v) is 11.0. The maximum atomic E-state index is 11.2. The Hall–Kier alpha value is -2.43. The van der Waals surface area contributed by atoms with E-state index >= 15 is 0 Å². The summed E-state index contributed by atoms with van der Waals surface area (Å²) in [5.74, 6) is 0.465. The van der Waals surface area contributed by atoms with E-state index in [2.05, 4.69) is 9.97 Å². The first-order valence-electron chi connectivity index (χ1n) is 5.72. The third-order valence-corrected chi connectivity index (χ3v) is 2.71. The Balaban J connectivity index is 2.43. The van der Waals surface area contributed by atoms with E-state index in [0.717, 1.165) is 11.1 Å². The molecule has 1 heterocycles. The molecule has 0 aliphatic heterocycles. The zero-order valence-electron chi connectivity index (χ0n) is 11.0. The van der Waals surface area contributed by atoms with Gasteiger partial charge in [0, 0.05) is 11.8 Å². The lowest BCUT2D eigenvalue weighted by Crippen LogP contribution is -1.98. The van der Waals surface area contributed by atoms with Crippen LogP contribution in [0.1, 0.15) is 17.3 Å². The molecule has 0 saturated heterocycles. The van der Waals surface area contributed by atoms with Gasteiger partial charge in [0.05, 0.1) is 19.8 Å². The molecule has 0 spiro atoms. The summed E-state index contributed by atoms with van der Waals surface area (Å²) in [6.45, 7) is 1.53. The second-order valence-electron chi connectivity index (χ2n) is 3.91. The number of rotatable bonds is 4. The number of Topliss-reactive ketones (excluding diaryl/α,β-unsaturated/α-hetero) is 1. The summed E-state index contributed by atoms with van der Waals surface area (Å²) in [5.41, 5.74) is 2.29. The number of aromatic nitrogens is 2. The number of carbonyl (C=O) groups excluding carboxylic acids is 1. The monoisotopic (exact) mass is 258 g/mol. The quantitative estimate of drug-likeness (QED) is 0.788. The Morgan fingerprint density at radius 1 is 1.11 bits per heavy atom. The fourth-order valence-electron chi connectivity index (χ4n) is 1.69. The van der Waals surface area contributed by atoms with Crippen molar-refractivity contribution >= 4 is 5.78 Å². The van der Waals surface area contributed by atoms with Gasteiger partial charge in [-0.25, -0.2) is 4.98 Å². The van der Waals surface area contributed by atoms with Crippen LogP contribution in [0.25, 0.3) is 11.1 Å². The smallest absolute Gasteiger partial charge is 0.319 e.